The molecule has 1 aromatic carbocycles. The number of piperidine rings is 1. The molecule has 7 nitrogen and oxygen atoms in total. The minimum Gasteiger partial charge on any atom is -0.353 e. The van der Waals surface area contributed by atoms with Gasteiger partial charge in [-0.05, 0) is 61.8 Å². The van der Waals surface area contributed by atoms with Crippen LogP contribution < -0.4 is 5.32 Å². The van der Waals surface area contributed by atoms with E-state index in [9.17, 15) is 4.79 Å². The Balaban J connectivity index is 1.57. The summed E-state index contributed by atoms with van der Waals surface area (Å²) < 4.78 is 0. The number of carbonyl (C=O) groups excluding carboxylic acids is 1. The van der Waals surface area contributed by atoms with Crippen molar-refractivity contribution in [2.45, 2.75) is 38.6 Å². The van der Waals surface area contributed by atoms with Crippen molar-refractivity contribution in [3.63, 3.8) is 0 Å². The lowest BCUT2D eigenvalue weighted by molar-refractivity contribution is -0.125. The molecule has 2 heterocycles. The second-order valence-corrected chi connectivity index (χ2v) is 6.99. The first-order chi connectivity index (χ1) is 12.7. The number of halogens is 1. The zero-order valence-electron chi connectivity index (χ0n) is 15.1. The van der Waals surface area contributed by atoms with Crippen LogP contribution in [0.5, 0.6) is 0 Å². The summed E-state index contributed by atoms with van der Waals surface area (Å²) in [7, 11) is 0. The van der Waals surface area contributed by atoms with Crippen molar-refractivity contribution < 1.29 is 4.79 Å². The Bertz CT molecular complexity index is 711. The molecule has 3 rings (SSSR count). The zero-order valence-corrected chi connectivity index (χ0v) is 15.8. The molecule has 1 aliphatic heterocycles. The number of hydrogen-bond donors (Lipinski definition) is 1. The van der Waals surface area contributed by atoms with E-state index in [1.54, 1.807) is 12.1 Å². The van der Waals surface area contributed by atoms with Crippen LogP contribution in [0.15, 0.2) is 24.3 Å². The standard InChI is InChI=1S/C18H25ClN6O/c1-2-16(18(26)20-10-13-24-11-4-3-5-12-24)25-22-17(21-23-25)14-6-8-15(19)9-7-14/h6-9,16H,2-5,10-13H2,1H3,(H,20,26). The van der Waals surface area contributed by atoms with Crippen molar-refractivity contribution in [3.8, 4) is 11.4 Å². The zero-order chi connectivity index (χ0) is 18.4. The van der Waals surface area contributed by atoms with Gasteiger partial charge in [0.2, 0.25) is 11.7 Å². The Morgan fingerprint density at radius 2 is 1.96 bits per heavy atom. The Morgan fingerprint density at radius 3 is 2.65 bits per heavy atom. The normalized spacial score (nSPS) is 16.4. The highest BCUT2D eigenvalue weighted by molar-refractivity contribution is 6.30. The largest absolute Gasteiger partial charge is 0.353 e. The summed E-state index contributed by atoms with van der Waals surface area (Å²) >= 11 is 5.91. The summed E-state index contributed by atoms with van der Waals surface area (Å²) in [5.41, 5.74) is 0.820. The molecule has 0 bridgehead atoms. The van der Waals surface area contributed by atoms with Gasteiger partial charge in [-0.15, -0.1) is 10.2 Å². The average molecular weight is 377 g/mol. The molecule has 26 heavy (non-hydrogen) atoms. The van der Waals surface area contributed by atoms with Gasteiger partial charge in [0.05, 0.1) is 0 Å². The maximum absolute atomic E-state index is 12.5. The lowest BCUT2D eigenvalue weighted by Gasteiger charge is -2.26. The Morgan fingerprint density at radius 1 is 1.23 bits per heavy atom. The van der Waals surface area contributed by atoms with Crippen molar-refractivity contribution >= 4 is 17.5 Å². The summed E-state index contributed by atoms with van der Waals surface area (Å²) in [6.07, 6.45) is 4.42. The first-order valence-corrected chi connectivity index (χ1v) is 9.60. The fourth-order valence-electron chi connectivity index (χ4n) is 3.16. The number of amides is 1. The van der Waals surface area contributed by atoms with Crippen molar-refractivity contribution in [2.24, 2.45) is 0 Å². The van der Waals surface area contributed by atoms with Gasteiger partial charge in [-0.3, -0.25) is 4.79 Å². The van der Waals surface area contributed by atoms with E-state index in [1.165, 1.54) is 24.1 Å². The van der Waals surface area contributed by atoms with Crippen LogP contribution in [0.1, 0.15) is 38.6 Å². The molecule has 0 spiro atoms. The number of likely N-dealkylation sites (tertiary alicyclic amines) is 1. The fraction of sp³-hybridized carbons (Fsp3) is 0.556. The third-order valence-electron chi connectivity index (χ3n) is 4.67. The molecule has 1 unspecified atom stereocenters. The molecule has 0 aliphatic carbocycles. The first kappa shape index (κ1) is 18.8. The molecule has 1 aliphatic rings. The van der Waals surface area contributed by atoms with E-state index in [1.807, 2.05) is 19.1 Å². The molecule has 8 heteroatoms. The molecule has 1 N–H and O–H groups in total. The number of carbonyl (C=O) groups is 1. The third-order valence-corrected chi connectivity index (χ3v) is 4.93. The van der Waals surface area contributed by atoms with Crippen LogP contribution in [0, 0.1) is 0 Å². The molecule has 0 saturated carbocycles. The number of tetrazole rings is 1. The maximum atomic E-state index is 12.5. The summed E-state index contributed by atoms with van der Waals surface area (Å²) in [6.45, 7) is 5.74. The van der Waals surface area contributed by atoms with E-state index in [-0.39, 0.29) is 5.91 Å². The van der Waals surface area contributed by atoms with Crippen molar-refractivity contribution in [1.82, 2.24) is 30.4 Å². The molecule has 1 atom stereocenters. The molecule has 0 radical (unpaired) electrons. The Hall–Kier alpha value is -1.99. The van der Waals surface area contributed by atoms with E-state index in [0.29, 0.717) is 23.8 Å². The van der Waals surface area contributed by atoms with Crippen molar-refractivity contribution in [3.05, 3.63) is 29.3 Å². The van der Waals surface area contributed by atoms with Crippen LogP contribution in [0.2, 0.25) is 5.02 Å². The van der Waals surface area contributed by atoms with Crippen LogP contribution in [-0.2, 0) is 4.79 Å². The van der Waals surface area contributed by atoms with Gasteiger partial charge in [-0.1, -0.05) is 24.9 Å². The van der Waals surface area contributed by atoms with Gasteiger partial charge in [0.25, 0.3) is 0 Å². The average Bonchev–Trinajstić information content (AvgIpc) is 3.13. The minimum atomic E-state index is -0.454. The molecule has 1 aromatic heterocycles. The van der Waals surface area contributed by atoms with E-state index in [2.05, 4.69) is 25.6 Å². The van der Waals surface area contributed by atoms with Gasteiger partial charge in [0.15, 0.2) is 6.04 Å². The van der Waals surface area contributed by atoms with Crippen LogP contribution in [-0.4, -0.2) is 57.2 Å². The SMILES string of the molecule is CCC(C(=O)NCCN1CCCCC1)n1nnc(-c2ccc(Cl)cc2)n1. The lowest BCUT2D eigenvalue weighted by atomic mass is 10.1. The smallest absolute Gasteiger partial charge is 0.246 e. The number of nitrogens with one attached hydrogen (secondary N) is 1. The number of rotatable bonds is 7. The van der Waals surface area contributed by atoms with Crippen LogP contribution in [0.25, 0.3) is 11.4 Å². The highest BCUT2D eigenvalue weighted by atomic mass is 35.5. The van der Waals surface area contributed by atoms with E-state index in [0.717, 1.165) is 25.2 Å². The molecular formula is C18H25ClN6O. The van der Waals surface area contributed by atoms with Crippen LogP contribution in [0.3, 0.4) is 0 Å². The van der Waals surface area contributed by atoms with E-state index in [4.69, 9.17) is 11.6 Å². The second kappa shape index (κ2) is 9.09. The lowest BCUT2D eigenvalue weighted by Crippen LogP contribution is -2.40. The molecule has 1 amide bonds. The number of benzene rings is 1. The Kier molecular flexibility index (Phi) is 6.57. The maximum Gasteiger partial charge on any atom is 0.246 e. The molecule has 1 fully saturated rings. The van der Waals surface area contributed by atoms with Gasteiger partial charge in [-0.2, -0.15) is 4.80 Å². The van der Waals surface area contributed by atoms with Gasteiger partial charge >= 0.3 is 0 Å². The van der Waals surface area contributed by atoms with Gasteiger partial charge < -0.3 is 10.2 Å². The predicted octanol–water partition coefficient (Wildman–Crippen LogP) is 2.55. The summed E-state index contributed by atoms with van der Waals surface area (Å²) in [6, 6.07) is 6.78. The number of hydrogen-bond acceptors (Lipinski definition) is 5. The van der Waals surface area contributed by atoms with Gasteiger partial charge in [0.1, 0.15) is 0 Å². The fourth-order valence-corrected chi connectivity index (χ4v) is 3.29. The summed E-state index contributed by atoms with van der Waals surface area (Å²) in [4.78, 5) is 16.3. The van der Waals surface area contributed by atoms with Crippen molar-refractivity contribution in [2.75, 3.05) is 26.2 Å². The first-order valence-electron chi connectivity index (χ1n) is 9.23. The van der Waals surface area contributed by atoms with Gasteiger partial charge in [0, 0.05) is 23.7 Å². The summed E-state index contributed by atoms with van der Waals surface area (Å²) in [5, 5.41) is 16.2. The summed E-state index contributed by atoms with van der Waals surface area (Å²) in [5.74, 6) is 0.422. The molecule has 140 valence electrons. The Labute approximate surface area is 158 Å². The molecular weight excluding hydrogens is 352 g/mol. The van der Waals surface area contributed by atoms with Gasteiger partial charge in [-0.25, -0.2) is 0 Å². The number of aromatic nitrogens is 4. The highest BCUT2D eigenvalue weighted by Crippen LogP contribution is 2.18. The topological polar surface area (TPSA) is 75.9 Å². The van der Waals surface area contributed by atoms with Crippen molar-refractivity contribution in [1.29, 1.82) is 0 Å². The molecule has 2 aromatic rings. The van der Waals surface area contributed by atoms with Crippen LogP contribution >= 0.6 is 11.6 Å². The van der Waals surface area contributed by atoms with Crippen LogP contribution in [0.4, 0.5) is 0 Å². The second-order valence-electron chi connectivity index (χ2n) is 6.56. The number of nitrogens with zero attached hydrogens (tertiary/aromatic N) is 5. The van der Waals surface area contributed by atoms with E-state index >= 15 is 0 Å². The minimum absolute atomic E-state index is 0.0652. The highest BCUT2D eigenvalue weighted by Gasteiger charge is 2.22. The predicted molar refractivity (Wildman–Crippen MR) is 101 cm³/mol. The third kappa shape index (κ3) is 4.80. The molecule has 1 saturated heterocycles. The quantitative estimate of drug-likeness (QED) is 0.803. The van der Waals surface area contributed by atoms with E-state index < -0.39 is 6.04 Å². The monoisotopic (exact) mass is 376 g/mol.